The van der Waals surface area contributed by atoms with Gasteiger partial charge < -0.3 is 14.8 Å². The zero-order valence-electron chi connectivity index (χ0n) is 8.69. The quantitative estimate of drug-likeness (QED) is 0.277. The molecular weight excluding hydrogens is 249 g/mol. The van der Waals surface area contributed by atoms with Crippen LogP contribution < -0.4 is 34.7 Å². The van der Waals surface area contributed by atoms with Crippen LogP contribution in [0.5, 0.6) is 0 Å². The maximum atomic E-state index is 11.3. The number of thioether (sulfide) groups is 1. The van der Waals surface area contributed by atoms with Gasteiger partial charge in [0, 0.05) is 4.75 Å². The van der Waals surface area contributed by atoms with Crippen LogP contribution in [0.15, 0.2) is 0 Å². The van der Waals surface area contributed by atoms with Gasteiger partial charge in [0.15, 0.2) is 0 Å². The Balaban J connectivity index is 0.00000112. The Morgan fingerprint density at radius 2 is 2.13 bits per heavy atom. The molecule has 0 radical (unpaired) electrons. The largest absolute Gasteiger partial charge is 1.00 e. The Morgan fingerprint density at radius 3 is 2.60 bits per heavy atom. The molecular formula is C8H9ClNNaO3S. The number of aliphatic carboxylic acids is 1. The molecule has 0 aromatic heterocycles. The van der Waals surface area contributed by atoms with Crippen LogP contribution in [-0.4, -0.2) is 38.3 Å². The number of halogens is 1. The van der Waals surface area contributed by atoms with Gasteiger partial charge in [-0.15, -0.1) is 23.4 Å². The van der Waals surface area contributed by atoms with Crippen molar-refractivity contribution in [3.8, 4) is 0 Å². The van der Waals surface area contributed by atoms with Crippen molar-refractivity contribution in [2.75, 3.05) is 0 Å². The first-order valence-electron chi connectivity index (χ1n) is 4.21. The smallest absolute Gasteiger partial charge is 0.548 e. The van der Waals surface area contributed by atoms with Crippen molar-refractivity contribution in [2.45, 2.75) is 35.4 Å². The van der Waals surface area contributed by atoms with Gasteiger partial charge in [-0.1, -0.05) is 0 Å². The minimum Gasteiger partial charge on any atom is -0.548 e. The van der Waals surface area contributed by atoms with E-state index in [0.29, 0.717) is 0 Å². The number of rotatable bonds is 1. The molecule has 0 aromatic carbocycles. The van der Waals surface area contributed by atoms with E-state index in [1.807, 2.05) is 0 Å². The van der Waals surface area contributed by atoms with Crippen molar-refractivity contribution in [1.29, 1.82) is 0 Å². The summed E-state index contributed by atoms with van der Waals surface area (Å²) in [5.41, 5.74) is 0. The standard InChI is InChI=1S/C8H10ClNO3S.Na/c1-8(2)4(7(12)13)10-5(11)3(9)6(10)14-8;/h3-4,6H,1-2H3,(H,12,13);/q;+1/p-1/t3-,4+,6-;/m1./s1. The third-order valence-electron chi connectivity index (χ3n) is 2.60. The van der Waals surface area contributed by atoms with Crippen LogP contribution in [0.4, 0.5) is 0 Å². The first kappa shape index (κ1) is 13.6. The Labute approximate surface area is 119 Å². The molecule has 0 unspecified atom stereocenters. The molecule has 4 nitrogen and oxygen atoms in total. The monoisotopic (exact) mass is 257 g/mol. The molecule has 0 bridgehead atoms. The summed E-state index contributed by atoms with van der Waals surface area (Å²) in [5, 5.41) is 10.1. The average Bonchev–Trinajstić information content (AvgIpc) is 2.34. The van der Waals surface area contributed by atoms with Crippen molar-refractivity contribution >= 4 is 35.2 Å². The minimum absolute atomic E-state index is 0. The van der Waals surface area contributed by atoms with Crippen LogP contribution in [0.3, 0.4) is 0 Å². The molecule has 2 rings (SSSR count). The summed E-state index contributed by atoms with van der Waals surface area (Å²) in [6.07, 6.45) is 0. The van der Waals surface area contributed by atoms with Crippen LogP contribution in [0.25, 0.3) is 0 Å². The number of nitrogens with zero attached hydrogens (tertiary/aromatic N) is 1. The molecule has 2 heterocycles. The Bertz CT molecular complexity index is 325. The fraction of sp³-hybridized carbons (Fsp3) is 0.750. The van der Waals surface area contributed by atoms with E-state index in [4.69, 9.17) is 11.6 Å². The van der Waals surface area contributed by atoms with Gasteiger partial charge in [-0.25, -0.2) is 0 Å². The zero-order valence-corrected chi connectivity index (χ0v) is 12.3. The van der Waals surface area contributed by atoms with E-state index in [9.17, 15) is 14.7 Å². The van der Waals surface area contributed by atoms with E-state index in [1.54, 1.807) is 13.8 Å². The number of carboxylic acid groups (broad SMARTS) is 1. The van der Waals surface area contributed by atoms with E-state index >= 15 is 0 Å². The predicted molar refractivity (Wildman–Crippen MR) is 50.7 cm³/mol. The number of alkyl halides is 1. The predicted octanol–water partition coefficient (Wildman–Crippen LogP) is -3.59. The molecule has 2 fully saturated rings. The molecule has 0 aliphatic carbocycles. The first-order chi connectivity index (χ1) is 6.36. The van der Waals surface area contributed by atoms with Gasteiger partial charge in [0.05, 0.1) is 12.0 Å². The molecule has 1 amide bonds. The molecule has 0 saturated carbocycles. The van der Waals surface area contributed by atoms with Gasteiger partial charge in [-0.2, -0.15) is 0 Å². The van der Waals surface area contributed by atoms with Crippen molar-refractivity contribution in [1.82, 2.24) is 4.90 Å². The van der Waals surface area contributed by atoms with Crippen molar-refractivity contribution in [3.05, 3.63) is 0 Å². The van der Waals surface area contributed by atoms with Crippen LogP contribution in [-0.2, 0) is 9.59 Å². The van der Waals surface area contributed by atoms with Crippen molar-refractivity contribution < 1.29 is 44.3 Å². The number of carboxylic acids is 1. The topological polar surface area (TPSA) is 60.4 Å². The van der Waals surface area contributed by atoms with Crippen molar-refractivity contribution in [2.24, 2.45) is 0 Å². The number of amides is 1. The molecule has 2 aliphatic heterocycles. The average molecular weight is 258 g/mol. The zero-order chi connectivity index (χ0) is 10.7. The van der Waals surface area contributed by atoms with Crippen LogP contribution in [0.1, 0.15) is 13.8 Å². The van der Waals surface area contributed by atoms with Gasteiger partial charge in [0.1, 0.15) is 10.8 Å². The van der Waals surface area contributed by atoms with Crippen LogP contribution in [0, 0.1) is 0 Å². The fourth-order valence-electron chi connectivity index (χ4n) is 1.95. The second-order valence-electron chi connectivity index (χ2n) is 3.98. The molecule has 78 valence electrons. The fourth-order valence-corrected chi connectivity index (χ4v) is 3.87. The van der Waals surface area contributed by atoms with Gasteiger partial charge in [0.25, 0.3) is 0 Å². The maximum Gasteiger partial charge on any atom is 1.00 e. The summed E-state index contributed by atoms with van der Waals surface area (Å²) in [7, 11) is 0. The Kier molecular flexibility index (Phi) is 3.74. The van der Waals surface area contributed by atoms with Gasteiger partial charge in [-0.3, -0.25) is 4.79 Å². The number of hydrogen-bond donors (Lipinski definition) is 0. The molecule has 2 aliphatic rings. The van der Waals surface area contributed by atoms with E-state index < -0.39 is 22.1 Å². The first-order valence-corrected chi connectivity index (χ1v) is 5.53. The number of hydrogen-bond acceptors (Lipinski definition) is 4. The van der Waals surface area contributed by atoms with Crippen LogP contribution >= 0.6 is 23.4 Å². The van der Waals surface area contributed by atoms with Gasteiger partial charge in [0.2, 0.25) is 5.91 Å². The van der Waals surface area contributed by atoms with Crippen LogP contribution in [0.2, 0.25) is 0 Å². The summed E-state index contributed by atoms with van der Waals surface area (Å²) in [4.78, 5) is 23.6. The third-order valence-corrected chi connectivity index (χ3v) is 4.75. The summed E-state index contributed by atoms with van der Waals surface area (Å²) < 4.78 is -0.525. The summed E-state index contributed by atoms with van der Waals surface area (Å²) in [5.74, 6) is -1.51. The van der Waals surface area contributed by atoms with Gasteiger partial charge >= 0.3 is 29.6 Å². The number of carbonyl (C=O) groups excluding carboxylic acids is 2. The second-order valence-corrected chi connectivity index (χ2v) is 6.22. The third kappa shape index (κ3) is 1.82. The number of β-lactam (4-membered cyclic amide) rings is 1. The van der Waals surface area contributed by atoms with Gasteiger partial charge in [-0.05, 0) is 13.8 Å². The molecule has 0 N–H and O–H groups in total. The normalized spacial score (nSPS) is 36.6. The maximum absolute atomic E-state index is 11.3. The summed E-state index contributed by atoms with van der Waals surface area (Å²) in [6, 6.07) is -0.861. The van der Waals surface area contributed by atoms with Crippen molar-refractivity contribution in [3.63, 3.8) is 0 Å². The minimum atomic E-state index is -1.21. The molecule has 0 spiro atoms. The van der Waals surface area contributed by atoms with E-state index in [1.165, 1.54) is 16.7 Å². The SMILES string of the molecule is CC1(C)S[C@@H]2[C@H](Cl)C(=O)N2[C@H]1C(=O)[O-].[Na+]. The number of fused-ring (bicyclic) bond motifs is 1. The number of carbonyl (C=O) groups is 2. The van der Waals surface area contributed by atoms with E-state index in [2.05, 4.69) is 0 Å². The molecule has 2 saturated heterocycles. The molecule has 0 aromatic rings. The molecule has 15 heavy (non-hydrogen) atoms. The summed E-state index contributed by atoms with van der Waals surface area (Å²) >= 11 is 7.19. The Hall–Kier alpha value is 0.580. The Morgan fingerprint density at radius 1 is 1.60 bits per heavy atom. The van der Waals surface area contributed by atoms with E-state index in [-0.39, 0.29) is 40.8 Å². The second kappa shape index (κ2) is 4.11. The van der Waals surface area contributed by atoms with E-state index in [0.717, 1.165) is 0 Å². The molecule has 3 atom stereocenters. The summed E-state index contributed by atoms with van der Waals surface area (Å²) in [6.45, 7) is 3.57. The molecule has 7 heteroatoms.